The van der Waals surface area contributed by atoms with Crippen LogP contribution in [0, 0.1) is 18.3 Å². The summed E-state index contributed by atoms with van der Waals surface area (Å²) in [7, 11) is 0. The number of rotatable bonds is 2. The van der Waals surface area contributed by atoms with Crippen molar-refractivity contribution in [2.45, 2.75) is 6.92 Å². The van der Waals surface area contributed by atoms with Crippen LogP contribution in [0.1, 0.15) is 31.8 Å². The van der Waals surface area contributed by atoms with E-state index in [4.69, 9.17) is 5.26 Å². The number of aromatic nitrogens is 1. The molecule has 0 atom stereocenters. The smallest absolute Gasteiger partial charge is 0.267 e. The van der Waals surface area contributed by atoms with Crippen molar-refractivity contribution in [3.63, 3.8) is 0 Å². The van der Waals surface area contributed by atoms with Crippen molar-refractivity contribution in [3.05, 3.63) is 65.0 Å². The molecule has 0 aliphatic heterocycles. The van der Waals surface area contributed by atoms with Gasteiger partial charge >= 0.3 is 0 Å². The van der Waals surface area contributed by atoms with Crippen molar-refractivity contribution in [3.8, 4) is 6.07 Å². The van der Waals surface area contributed by atoms with Gasteiger partial charge in [-0.1, -0.05) is 0 Å². The van der Waals surface area contributed by atoms with Crippen molar-refractivity contribution in [1.29, 1.82) is 5.26 Å². The third-order valence-electron chi connectivity index (χ3n) is 2.82. The second-order valence-electron chi connectivity index (χ2n) is 4.29. The Morgan fingerprint density at radius 1 is 1.14 bits per heavy atom. The van der Waals surface area contributed by atoms with Crippen LogP contribution in [0.25, 0.3) is 0 Å². The first-order valence-corrected chi connectivity index (χ1v) is 6.13. The molecule has 1 heterocycles. The average molecular weight is 280 g/mol. The Morgan fingerprint density at radius 3 is 2.43 bits per heavy atom. The van der Waals surface area contributed by atoms with Crippen LogP contribution >= 0.6 is 0 Å². The fraction of sp³-hybridized carbons (Fsp3) is 0.0667. The number of carbonyl (C=O) groups is 2. The van der Waals surface area contributed by atoms with E-state index in [1.165, 1.54) is 12.3 Å². The molecule has 2 amide bonds. The maximum Gasteiger partial charge on any atom is 0.271 e. The summed E-state index contributed by atoms with van der Waals surface area (Å²) in [6, 6.07) is 9.91. The van der Waals surface area contributed by atoms with E-state index in [1.54, 1.807) is 37.4 Å². The van der Waals surface area contributed by atoms with Gasteiger partial charge in [0, 0.05) is 18.0 Å². The molecule has 0 aliphatic rings. The lowest BCUT2D eigenvalue weighted by Gasteiger charge is -2.08. The molecule has 0 bridgehead atoms. The van der Waals surface area contributed by atoms with E-state index >= 15 is 0 Å². The molecule has 6 heteroatoms. The van der Waals surface area contributed by atoms with Crippen molar-refractivity contribution in [2.24, 2.45) is 0 Å². The van der Waals surface area contributed by atoms with E-state index in [9.17, 15) is 9.59 Å². The highest BCUT2D eigenvalue weighted by Gasteiger charge is 2.10. The number of benzene rings is 1. The van der Waals surface area contributed by atoms with Crippen molar-refractivity contribution in [1.82, 2.24) is 15.8 Å². The van der Waals surface area contributed by atoms with Gasteiger partial charge in [0.25, 0.3) is 11.8 Å². The molecule has 6 nitrogen and oxygen atoms in total. The number of amides is 2. The minimum atomic E-state index is -0.458. The summed E-state index contributed by atoms with van der Waals surface area (Å²) >= 11 is 0. The summed E-state index contributed by atoms with van der Waals surface area (Å²) in [4.78, 5) is 27.5. The van der Waals surface area contributed by atoms with Crippen LogP contribution < -0.4 is 10.9 Å². The van der Waals surface area contributed by atoms with Crippen LogP contribution in [0.3, 0.4) is 0 Å². The summed E-state index contributed by atoms with van der Waals surface area (Å²) in [6.07, 6.45) is 2.95. The number of hydrazine groups is 1. The van der Waals surface area contributed by atoms with Gasteiger partial charge in [0.2, 0.25) is 0 Å². The average Bonchev–Trinajstić information content (AvgIpc) is 2.53. The number of hydrogen-bond acceptors (Lipinski definition) is 4. The summed E-state index contributed by atoms with van der Waals surface area (Å²) in [5, 5.41) is 8.84. The number of nitrogens with one attached hydrogen (secondary N) is 2. The van der Waals surface area contributed by atoms with Gasteiger partial charge in [0.1, 0.15) is 0 Å². The maximum absolute atomic E-state index is 11.9. The highest BCUT2D eigenvalue weighted by atomic mass is 16.2. The molecule has 104 valence electrons. The Balaban J connectivity index is 2.01. The fourth-order valence-electron chi connectivity index (χ4n) is 1.69. The van der Waals surface area contributed by atoms with Crippen molar-refractivity contribution < 1.29 is 9.59 Å². The second-order valence-corrected chi connectivity index (χ2v) is 4.29. The number of pyridine rings is 1. The van der Waals surface area contributed by atoms with Crippen LogP contribution in [0.4, 0.5) is 0 Å². The number of nitrogens with zero attached hydrogens (tertiary/aromatic N) is 2. The Bertz CT molecular complexity index is 720. The second kappa shape index (κ2) is 6.30. The maximum atomic E-state index is 11.9. The Hall–Kier alpha value is -3.20. The van der Waals surface area contributed by atoms with E-state index in [0.717, 1.165) is 0 Å². The fourth-order valence-corrected chi connectivity index (χ4v) is 1.69. The molecule has 2 rings (SSSR count). The zero-order valence-corrected chi connectivity index (χ0v) is 11.3. The molecule has 0 fully saturated rings. The molecule has 2 N–H and O–H groups in total. The first-order chi connectivity index (χ1) is 10.1. The van der Waals surface area contributed by atoms with E-state index in [-0.39, 0.29) is 0 Å². The summed E-state index contributed by atoms with van der Waals surface area (Å²) in [5.74, 6) is -0.915. The van der Waals surface area contributed by atoms with Crippen LogP contribution in [0.15, 0.2) is 42.7 Å². The molecule has 21 heavy (non-hydrogen) atoms. The van der Waals surface area contributed by atoms with Gasteiger partial charge in [-0.2, -0.15) is 5.26 Å². The van der Waals surface area contributed by atoms with E-state index < -0.39 is 11.8 Å². The Labute approximate surface area is 121 Å². The van der Waals surface area contributed by atoms with Gasteiger partial charge in [-0.05, 0) is 42.8 Å². The molecule has 0 aliphatic carbocycles. The molecule has 2 aromatic rings. The molecule has 1 aromatic heterocycles. The normalized spacial score (nSPS) is 9.52. The third kappa shape index (κ3) is 3.42. The number of aryl methyl sites for hydroxylation is 1. The van der Waals surface area contributed by atoms with Crippen LogP contribution in [0.2, 0.25) is 0 Å². The van der Waals surface area contributed by atoms with Crippen LogP contribution in [-0.4, -0.2) is 16.8 Å². The lowest BCUT2D eigenvalue weighted by Crippen LogP contribution is -2.41. The third-order valence-corrected chi connectivity index (χ3v) is 2.82. The molecular weight excluding hydrogens is 268 g/mol. The van der Waals surface area contributed by atoms with Crippen LogP contribution in [-0.2, 0) is 0 Å². The summed E-state index contributed by atoms with van der Waals surface area (Å²) < 4.78 is 0. The molecule has 0 spiro atoms. The highest BCUT2D eigenvalue weighted by Crippen LogP contribution is 2.09. The molecular formula is C15H12N4O2. The molecule has 0 radical (unpaired) electrons. The zero-order chi connectivity index (χ0) is 15.2. The topological polar surface area (TPSA) is 94.9 Å². The largest absolute Gasteiger partial charge is 0.271 e. The minimum Gasteiger partial charge on any atom is -0.267 e. The van der Waals surface area contributed by atoms with Gasteiger partial charge < -0.3 is 0 Å². The van der Waals surface area contributed by atoms with Crippen LogP contribution in [0.5, 0.6) is 0 Å². The first kappa shape index (κ1) is 14.2. The Morgan fingerprint density at radius 2 is 1.86 bits per heavy atom. The predicted octanol–water partition coefficient (Wildman–Crippen LogP) is 1.34. The van der Waals surface area contributed by atoms with Gasteiger partial charge in [-0.25, -0.2) is 0 Å². The standard InChI is InChI=1S/C15H12N4O2/c1-10-7-11(4-5-12(10)8-16)14(20)18-19-15(21)13-3-2-6-17-9-13/h2-7,9H,1H3,(H,18,20)(H,19,21). The van der Waals surface area contributed by atoms with Crippen molar-refractivity contribution >= 4 is 11.8 Å². The number of nitriles is 1. The summed E-state index contributed by atoms with van der Waals surface area (Å²) in [5.41, 5.74) is 6.52. The van der Waals surface area contributed by atoms with E-state index in [1.807, 2.05) is 6.07 Å². The lowest BCUT2D eigenvalue weighted by molar-refractivity contribution is 0.0846. The lowest BCUT2D eigenvalue weighted by atomic mass is 10.1. The van der Waals surface area contributed by atoms with Gasteiger partial charge in [-0.3, -0.25) is 25.4 Å². The summed E-state index contributed by atoms with van der Waals surface area (Å²) in [6.45, 7) is 1.74. The molecule has 1 aromatic carbocycles. The number of carbonyl (C=O) groups excluding carboxylic acids is 2. The minimum absolute atomic E-state index is 0.341. The molecule has 0 saturated carbocycles. The highest BCUT2D eigenvalue weighted by molar-refractivity contribution is 5.99. The van der Waals surface area contributed by atoms with E-state index in [2.05, 4.69) is 15.8 Å². The zero-order valence-electron chi connectivity index (χ0n) is 11.3. The van der Waals surface area contributed by atoms with Crippen molar-refractivity contribution in [2.75, 3.05) is 0 Å². The van der Waals surface area contributed by atoms with Gasteiger partial charge in [0.05, 0.1) is 17.2 Å². The van der Waals surface area contributed by atoms with Gasteiger partial charge in [0.15, 0.2) is 0 Å². The molecule has 0 saturated heterocycles. The SMILES string of the molecule is Cc1cc(C(=O)NNC(=O)c2cccnc2)ccc1C#N. The van der Waals surface area contributed by atoms with Gasteiger partial charge in [-0.15, -0.1) is 0 Å². The van der Waals surface area contributed by atoms with E-state index in [0.29, 0.717) is 22.3 Å². The molecule has 0 unspecified atom stereocenters. The monoisotopic (exact) mass is 280 g/mol. The Kier molecular flexibility index (Phi) is 4.26. The first-order valence-electron chi connectivity index (χ1n) is 6.13. The quantitative estimate of drug-likeness (QED) is 0.811. The predicted molar refractivity (Wildman–Crippen MR) is 75.1 cm³/mol. The number of hydrogen-bond donors (Lipinski definition) is 2.